The van der Waals surface area contributed by atoms with Gasteiger partial charge in [-0.05, 0) is 56.3 Å². The molecule has 2 rings (SSSR count). The van der Waals surface area contributed by atoms with Crippen LogP contribution in [0.1, 0.15) is 65.7 Å². The Balaban J connectivity index is 1.79. The van der Waals surface area contributed by atoms with Crippen molar-refractivity contribution in [1.82, 2.24) is 5.32 Å². The number of hydrogen-bond donors (Lipinski definition) is 1. The van der Waals surface area contributed by atoms with Crippen molar-refractivity contribution in [2.24, 2.45) is 17.3 Å². The summed E-state index contributed by atoms with van der Waals surface area (Å²) in [5, 5.41) is 3.65. The Hall–Kier alpha value is -0.250. The first-order chi connectivity index (χ1) is 9.17. The maximum absolute atomic E-state index is 12.7. The van der Waals surface area contributed by atoms with E-state index in [-0.39, 0.29) is 0 Å². The van der Waals surface area contributed by atoms with Gasteiger partial charge in [0.1, 0.15) is 0 Å². The standard InChI is InChI=1S/C16H28F3N/c1-11-10-15(2,3)9-8-14(11)20-13-6-4-12(5-7-13)16(17,18)19/h11-14,20H,4-10H2,1-3H3. The van der Waals surface area contributed by atoms with E-state index in [1.54, 1.807) is 0 Å². The molecule has 1 nitrogen and oxygen atoms in total. The highest BCUT2D eigenvalue weighted by molar-refractivity contribution is 4.90. The van der Waals surface area contributed by atoms with Gasteiger partial charge in [-0.15, -0.1) is 0 Å². The lowest BCUT2D eigenvalue weighted by Gasteiger charge is -2.42. The third-order valence-electron chi connectivity index (χ3n) is 5.33. The number of hydrogen-bond acceptors (Lipinski definition) is 1. The monoisotopic (exact) mass is 291 g/mol. The van der Waals surface area contributed by atoms with Crippen LogP contribution in [-0.4, -0.2) is 18.3 Å². The van der Waals surface area contributed by atoms with Gasteiger partial charge in [-0.2, -0.15) is 13.2 Å². The molecule has 0 heterocycles. The van der Waals surface area contributed by atoms with Crippen LogP contribution in [0.4, 0.5) is 13.2 Å². The van der Waals surface area contributed by atoms with E-state index in [9.17, 15) is 13.2 Å². The highest BCUT2D eigenvalue weighted by Crippen LogP contribution is 2.40. The molecule has 0 aliphatic heterocycles. The summed E-state index contributed by atoms with van der Waals surface area (Å²) in [6.45, 7) is 6.91. The second-order valence-electron chi connectivity index (χ2n) is 7.75. The van der Waals surface area contributed by atoms with Crippen LogP contribution in [0.5, 0.6) is 0 Å². The minimum absolute atomic E-state index is 0.294. The van der Waals surface area contributed by atoms with Crippen molar-refractivity contribution >= 4 is 0 Å². The van der Waals surface area contributed by atoms with Crippen LogP contribution in [0.25, 0.3) is 0 Å². The van der Waals surface area contributed by atoms with Crippen molar-refractivity contribution in [3.05, 3.63) is 0 Å². The third-order valence-corrected chi connectivity index (χ3v) is 5.33. The van der Waals surface area contributed by atoms with Gasteiger partial charge < -0.3 is 5.32 Å². The summed E-state index contributed by atoms with van der Waals surface area (Å²) in [6.07, 6.45) is 1.55. The Kier molecular flexibility index (Phi) is 4.73. The van der Waals surface area contributed by atoms with Crippen LogP contribution in [0, 0.1) is 17.3 Å². The van der Waals surface area contributed by atoms with Gasteiger partial charge in [0.2, 0.25) is 0 Å². The number of halogens is 3. The van der Waals surface area contributed by atoms with E-state index in [1.165, 1.54) is 12.8 Å². The lowest BCUT2D eigenvalue weighted by molar-refractivity contribution is -0.183. The summed E-state index contributed by atoms with van der Waals surface area (Å²) < 4.78 is 38.0. The normalized spacial score (nSPS) is 38.7. The van der Waals surface area contributed by atoms with Gasteiger partial charge in [0.15, 0.2) is 0 Å². The summed E-state index contributed by atoms with van der Waals surface area (Å²) in [6, 6.07) is 0.790. The smallest absolute Gasteiger partial charge is 0.311 e. The molecule has 2 aliphatic rings. The van der Waals surface area contributed by atoms with Gasteiger partial charge in [0.25, 0.3) is 0 Å². The van der Waals surface area contributed by atoms with Crippen molar-refractivity contribution in [3.8, 4) is 0 Å². The van der Waals surface area contributed by atoms with Crippen molar-refractivity contribution in [1.29, 1.82) is 0 Å². The minimum atomic E-state index is -3.99. The zero-order valence-electron chi connectivity index (χ0n) is 12.9. The summed E-state index contributed by atoms with van der Waals surface area (Å²) in [7, 11) is 0. The van der Waals surface area contributed by atoms with Crippen molar-refractivity contribution in [3.63, 3.8) is 0 Å². The number of nitrogens with one attached hydrogen (secondary N) is 1. The molecule has 2 unspecified atom stereocenters. The van der Waals surface area contributed by atoms with E-state index in [1.807, 2.05) is 0 Å². The topological polar surface area (TPSA) is 12.0 Å². The molecule has 118 valence electrons. The second kappa shape index (κ2) is 5.86. The van der Waals surface area contributed by atoms with Crippen molar-refractivity contribution < 1.29 is 13.2 Å². The van der Waals surface area contributed by atoms with E-state index < -0.39 is 12.1 Å². The molecule has 2 atom stereocenters. The van der Waals surface area contributed by atoms with E-state index in [0.29, 0.717) is 49.1 Å². The Morgan fingerprint density at radius 1 is 1.00 bits per heavy atom. The maximum Gasteiger partial charge on any atom is 0.391 e. The Morgan fingerprint density at radius 2 is 1.60 bits per heavy atom. The summed E-state index contributed by atoms with van der Waals surface area (Å²) >= 11 is 0. The van der Waals surface area contributed by atoms with Crippen LogP contribution in [-0.2, 0) is 0 Å². The average Bonchev–Trinajstić information content (AvgIpc) is 2.32. The molecular weight excluding hydrogens is 263 g/mol. The zero-order chi connectivity index (χ0) is 15.0. The highest BCUT2D eigenvalue weighted by Gasteiger charge is 2.42. The molecule has 0 saturated heterocycles. The molecule has 2 fully saturated rings. The van der Waals surface area contributed by atoms with Gasteiger partial charge in [-0.1, -0.05) is 20.8 Å². The first-order valence-electron chi connectivity index (χ1n) is 8.00. The SMILES string of the molecule is CC1CC(C)(C)CCC1NC1CCC(C(F)(F)F)CC1. The first kappa shape index (κ1) is 16.1. The maximum atomic E-state index is 12.7. The van der Waals surface area contributed by atoms with E-state index in [4.69, 9.17) is 0 Å². The quantitative estimate of drug-likeness (QED) is 0.762. The molecule has 0 aromatic rings. The van der Waals surface area contributed by atoms with Gasteiger partial charge in [0.05, 0.1) is 5.92 Å². The van der Waals surface area contributed by atoms with Crippen molar-refractivity contribution in [2.75, 3.05) is 0 Å². The molecule has 20 heavy (non-hydrogen) atoms. The average molecular weight is 291 g/mol. The molecule has 1 N–H and O–H groups in total. The van der Waals surface area contributed by atoms with Crippen molar-refractivity contribution in [2.45, 2.75) is 84.0 Å². The zero-order valence-corrected chi connectivity index (χ0v) is 12.9. The predicted molar refractivity (Wildman–Crippen MR) is 75.5 cm³/mol. The molecule has 0 spiro atoms. The minimum Gasteiger partial charge on any atom is -0.311 e. The van der Waals surface area contributed by atoms with Gasteiger partial charge >= 0.3 is 6.18 Å². The molecule has 0 bridgehead atoms. The Bertz CT molecular complexity index is 316. The van der Waals surface area contributed by atoms with Crippen LogP contribution in [0.3, 0.4) is 0 Å². The molecular formula is C16H28F3N. The van der Waals surface area contributed by atoms with Crippen LogP contribution in [0.15, 0.2) is 0 Å². The van der Waals surface area contributed by atoms with Gasteiger partial charge in [0, 0.05) is 12.1 Å². The summed E-state index contributed by atoms with van der Waals surface area (Å²) in [4.78, 5) is 0. The number of rotatable bonds is 2. The first-order valence-corrected chi connectivity index (χ1v) is 8.00. The highest BCUT2D eigenvalue weighted by atomic mass is 19.4. The van der Waals surface area contributed by atoms with E-state index in [2.05, 4.69) is 26.1 Å². The van der Waals surface area contributed by atoms with Crippen LogP contribution in [0.2, 0.25) is 0 Å². The molecule has 0 aromatic heterocycles. The fourth-order valence-electron chi connectivity index (χ4n) is 4.08. The Morgan fingerprint density at radius 3 is 2.10 bits per heavy atom. The summed E-state index contributed by atoms with van der Waals surface area (Å²) in [5.74, 6) is -0.442. The van der Waals surface area contributed by atoms with Gasteiger partial charge in [-0.25, -0.2) is 0 Å². The van der Waals surface area contributed by atoms with Gasteiger partial charge in [-0.3, -0.25) is 0 Å². The lowest BCUT2D eigenvalue weighted by Crippen LogP contribution is -2.48. The summed E-state index contributed by atoms with van der Waals surface area (Å²) in [5.41, 5.74) is 0.422. The molecule has 0 amide bonds. The second-order valence-corrected chi connectivity index (χ2v) is 7.75. The third kappa shape index (κ3) is 4.12. The van der Waals surface area contributed by atoms with Crippen LogP contribution < -0.4 is 5.32 Å². The Labute approximate surface area is 120 Å². The fraction of sp³-hybridized carbons (Fsp3) is 1.00. The largest absolute Gasteiger partial charge is 0.391 e. The molecule has 4 heteroatoms. The van der Waals surface area contributed by atoms with E-state index in [0.717, 1.165) is 6.42 Å². The molecule has 0 aromatic carbocycles. The number of alkyl halides is 3. The predicted octanol–water partition coefficient (Wildman–Crippen LogP) is 4.91. The molecule has 0 radical (unpaired) electrons. The van der Waals surface area contributed by atoms with Crippen LogP contribution >= 0.6 is 0 Å². The molecule has 2 aliphatic carbocycles. The fourth-order valence-corrected chi connectivity index (χ4v) is 4.08. The molecule has 2 saturated carbocycles. The lowest BCUT2D eigenvalue weighted by atomic mass is 9.70. The van der Waals surface area contributed by atoms with E-state index >= 15 is 0 Å².